The van der Waals surface area contributed by atoms with E-state index in [0.29, 0.717) is 21.7 Å². The number of hydrogen-bond acceptors (Lipinski definition) is 5. The van der Waals surface area contributed by atoms with E-state index < -0.39 is 0 Å². The molecule has 0 saturated carbocycles. The minimum atomic E-state index is 0.379. The molecule has 4 rings (SSSR count). The van der Waals surface area contributed by atoms with Crippen LogP contribution in [0.15, 0.2) is 48.7 Å². The van der Waals surface area contributed by atoms with Crippen molar-refractivity contribution in [3.63, 3.8) is 0 Å². The third-order valence-corrected chi connectivity index (χ3v) is 4.67. The van der Waals surface area contributed by atoms with E-state index in [1.165, 1.54) is 11.3 Å². The first-order chi connectivity index (χ1) is 12.2. The van der Waals surface area contributed by atoms with Gasteiger partial charge in [0.25, 0.3) is 0 Å². The smallest absolute Gasteiger partial charge is 0.249 e. The molecule has 2 aromatic carbocycles. The molecule has 1 aliphatic heterocycles. The molecule has 0 spiro atoms. The van der Waals surface area contributed by atoms with Crippen molar-refractivity contribution in [1.82, 2.24) is 15.2 Å². The van der Waals surface area contributed by atoms with Crippen LogP contribution in [0.4, 0.5) is 23.1 Å². The maximum Gasteiger partial charge on any atom is 0.249 e. The van der Waals surface area contributed by atoms with Gasteiger partial charge in [0.05, 0.1) is 16.9 Å². The fourth-order valence-corrected chi connectivity index (χ4v) is 3.30. The highest BCUT2D eigenvalue weighted by Crippen LogP contribution is 2.33. The van der Waals surface area contributed by atoms with Crippen molar-refractivity contribution in [2.24, 2.45) is 0 Å². The molecule has 1 aromatic heterocycles. The number of nitrogens with one attached hydrogen (secondary N) is 1. The van der Waals surface area contributed by atoms with E-state index in [4.69, 9.17) is 23.2 Å². The molecule has 25 heavy (non-hydrogen) atoms. The van der Waals surface area contributed by atoms with Gasteiger partial charge in [0, 0.05) is 17.3 Å². The van der Waals surface area contributed by atoms with E-state index in [9.17, 15) is 0 Å². The Bertz CT molecular complexity index is 915. The number of anilines is 4. The predicted octanol–water partition coefficient (Wildman–Crippen LogP) is 5.01. The summed E-state index contributed by atoms with van der Waals surface area (Å²) in [7, 11) is 0. The number of halogens is 2. The quantitative estimate of drug-likeness (QED) is 0.701. The summed E-state index contributed by atoms with van der Waals surface area (Å²) < 4.78 is 0. The minimum Gasteiger partial charge on any atom is -0.325 e. The summed E-state index contributed by atoms with van der Waals surface area (Å²) in [5, 5.41) is 12.4. The first-order valence-electron chi connectivity index (χ1n) is 7.98. The molecule has 5 nitrogen and oxygen atoms in total. The van der Waals surface area contributed by atoms with E-state index in [1.807, 2.05) is 6.07 Å². The zero-order valence-corrected chi connectivity index (χ0v) is 14.8. The Labute approximate surface area is 155 Å². The average molecular weight is 372 g/mol. The van der Waals surface area contributed by atoms with Gasteiger partial charge in [-0.05, 0) is 42.7 Å². The van der Waals surface area contributed by atoms with Gasteiger partial charge in [0.2, 0.25) is 5.95 Å². The van der Waals surface area contributed by atoms with Crippen molar-refractivity contribution in [3.8, 4) is 0 Å². The third-order valence-electron chi connectivity index (χ3n) is 4.11. The summed E-state index contributed by atoms with van der Waals surface area (Å²) in [5.74, 6) is 1.13. The lowest BCUT2D eigenvalue weighted by molar-refractivity contribution is 0.754. The molecule has 126 valence electrons. The highest BCUT2D eigenvalue weighted by molar-refractivity contribution is 6.35. The van der Waals surface area contributed by atoms with E-state index in [0.717, 1.165) is 25.2 Å². The molecule has 0 aliphatic carbocycles. The SMILES string of the molecule is Clc1ccc(Cl)c(Nc2nncc(N3CCCc4ccccc43)n2)c1. The van der Waals surface area contributed by atoms with Crippen molar-refractivity contribution >= 4 is 46.3 Å². The lowest BCUT2D eigenvalue weighted by Crippen LogP contribution is -2.25. The lowest BCUT2D eigenvalue weighted by Gasteiger charge is -2.30. The number of fused-ring (bicyclic) bond motifs is 1. The number of nitrogens with zero attached hydrogens (tertiary/aromatic N) is 4. The summed E-state index contributed by atoms with van der Waals surface area (Å²) in [6.07, 6.45) is 3.82. The molecule has 1 N–H and O–H groups in total. The van der Waals surface area contributed by atoms with Crippen LogP contribution in [0.25, 0.3) is 0 Å². The number of benzene rings is 2. The van der Waals surface area contributed by atoms with Crippen LogP contribution in [0, 0.1) is 0 Å². The Kier molecular flexibility index (Phi) is 4.42. The Morgan fingerprint density at radius 1 is 1.08 bits per heavy atom. The highest BCUT2D eigenvalue weighted by atomic mass is 35.5. The maximum absolute atomic E-state index is 6.19. The average Bonchev–Trinajstić information content (AvgIpc) is 2.64. The summed E-state index contributed by atoms with van der Waals surface area (Å²) in [6, 6.07) is 13.6. The van der Waals surface area contributed by atoms with Crippen LogP contribution in [0.2, 0.25) is 10.0 Å². The monoisotopic (exact) mass is 371 g/mol. The standard InChI is InChI=1S/C18H15Cl2N5/c19-13-7-8-14(20)15(10-13)22-18-23-17(11-21-24-18)25-9-3-5-12-4-1-2-6-16(12)25/h1-2,4,6-8,10-11H,3,5,9H2,(H,22,23,24). The zero-order valence-electron chi connectivity index (χ0n) is 13.3. The molecule has 0 radical (unpaired) electrons. The van der Waals surface area contributed by atoms with Gasteiger partial charge in [-0.2, -0.15) is 10.1 Å². The van der Waals surface area contributed by atoms with Crippen LogP contribution in [0.5, 0.6) is 0 Å². The second kappa shape index (κ2) is 6.86. The van der Waals surface area contributed by atoms with Gasteiger partial charge in [-0.1, -0.05) is 41.4 Å². The van der Waals surface area contributed by atoms with Crippen molar-refractivity contribution in [1.29, 1.82) is 0 Å². The molecule has 7 heteroatoms. The fourth-order valence-electron chi connectivity index (χ4n) is 2.96. The van der Waals surface area contributed by atoms with Gasteiger partial charge >= 0.3 is 0 Å². The van der Waals surface area contributed by atoms with Crippen LogP contribution in [-0.2, 0) is 6.42 Å². The first-order valence-corrected chi connectivity index (χ1v) is 8.73. The zero-order chi connectivity index (χ0) is 17.2. The molecule has 2 heterocycles. The second-order valence-corrected chi connectivity index (χ2v) is 6.61. The highest BCUT2D eigenvalue weighted by Gasteiger charge is 2.19. The molecule has 0 amide bonds. The summed E-state index contributed by atoms with van der Waals surface area (Å²) in [6.45, 7) is 0.896. The number of hydrogen-bond donors (Lipinski definition) is 1. The van der Waals surface area contributed by atoms with Crippen LogP contribution in [0.1, 0.15) is 12.0 Å². The molecular formula is C18H15Cl2N5. The summed E-state index contributed by atoms with van der Waals surface area (Å²) in [4.78, 5) is 6.77. The molecule has 0 fully saturated rings. The van der Waals surface area contributed by atoms with Crippen LogP contribution >= 0.6 is 23.2 Å². The third kappa shape index (κ3) is 3.38. The van der Waals surface area contributed by atoms with Gasteiger partial charge in [-0.25, -0.2) is 0 Å². The maximum atomic E-state index is 6.19. The first kappa shape index (κ1) is 16.1. The van der Waals surface area contributed by atoms with Crippen LogP contribution < -0.4 is 10.2 Å². The second-order valence-electron chi connectivity index (χ2n) is 5.77. The normalized spacial score (nSPS) is 13.4. The van der Waals surface area contributed by atoms with E-state index in [1.54, 1.807) is 24.4 Å². The van der Waals surface area contributed by atoms with Gasteiger partial charge < -0.3 is 10.2 Å². The molecule has 3 aromatic rings. The van der Waals surface area contributed by atoms with Crippen molar-refractivity contribution in [3.05, 3.63) is 64.3 Å². The number of aromatic nitrogens is 3. The Morgan fingerprint density at radius 2 is 1.96 bits per heavy atom. The minimum absolute atomic E-state index is 0.379. The molecule has 0 atom stereocenters. The van der Waals surface area contributed by atoms with Crippen molar-refractivity contribution in [2.75, 3.05) is 16.8 Å². The van der Waals surface area contributed by atoms with Gasteiger partial charge in [-0.3, -0.25) is 0 Å². The van der Waals surface area contributed by atoms with Crippen molar-refractivity contribution < 1.29 is 0 Å². The number of rotatable bonds is 3. The molecule has 0 bridgehead atoms. The fraction of sp³-hybridized carbons (Fsp3) is 0.167. The number of aryl methyl sites for hydroxylation is 1. The topological polar surface area (TPSA) is 53.9 Å². The largest absolute Gasteiger partial charge is 0.325 e. The summed E-state index contributed by atoms with van der Waals surface area (Å²) >= 11 is 12.2. The van der Waals surface area contributed by atoms with E-state index in [2.05, 4.69) is 43.6 Å². The molecular weight excluding hydrogens is 357 g/mol. The summed E-state index contributed by atoms with van der Waals surface area (Å²) in [5.41, 5.74) is 3.13. The molecule has 0 saturated heterocycles. The Hall–Kier alpha value is -2.37. The Morgan fingerprint density at radius 3 is 2.88 bits per heavy atom. The van der Waals surface area contributed by atoms with E-state index in [-0.39, 0.29) is 0 Å². The Balaban J connectivity index is 1.66. The van der Waals surface area contributed by atoms with Gasteiger partial charge in [0.15, 0.2) is 5.82 Å². The predicted molar refractivity (Wildman–Crippen MR) is 101 cm³/mol. The molecule has 1 aliphatic rings. The van der Waals surface area contributed by atoms with E-state index >= 15 is 0 Å². The van der Waals surface area contributed by atoms with Gasteiger partial charge in [-0.15, -0.1) is 5.10 Å². The van der Waals surface area contributed by atoms with Gasteiger partial charge in [0.1, 0.15) is 0 Å². The number of para-hydroxylation sites is 1. The van der Waals surface area contributed by atoms with Crippen molar-refractivity contribution in [2.45, 2.75) is 12.8 Å². The van der Waals surface area contributed by atoms with Crippen LogP contribution in [-0.4, -0.2) is 21.7 Å². The lowest BCUT2D eigenvalue weighted by atomic mass is 10.0. The molecule has 0 unspecified atom stereocenters. The van der Waals surface area contributed by atoms with Crippen LogP contribution in [0.3, 0.4) is 0 Å².